The van der Waals surface area contributed by atoms with Gasteiger partial charge in [0, 0.05) is 45.2 Å². The number of hydrogen-bond donors (Lipinski definition) is 2. The van der Waals surface area contributed by atoms with Gasteiger partial charge in [0.05, 0.1) is 30.7 Å². The molecule has 2 amide bonds. The van der Waals surface area contributed by atoms with E-state index < -0.39 is 11.0 Å². The average Bonchev–Trinajstić information content (AvgIpc) is 3.55. The first-order chi connectivity index (χ1) is 17.9. The number of carbonyl (C=O) groups excluding carboxylic acids is 1. The van der Waals surface area contributed by atoms with Crippen LogP contribution in [0, 0.1) is 5.41 Å². The summed E-state index contributed by atoms with van der Waals surface area (Å²) in [5.74, 6) is 0. The summed E-state index contributed by atoms with van der Waals surface area (Å²) in [5.41, 5.74) is 0.205. The summed E-state index contributed by atoms with van der Waals surface area (Å²) >= 11 is 0. The van der Waals surface area contributed by atoms with Crippen LogP contribution >= 0.6 is 0 Å². The number of aliphatic hydroxyl groups is 1. The lowest BCUT2D eigenvalue weighted by molar-refractivity contribution is -0.136. The van der Waals surface area contributed by atoms with Crippen LogP contribution in [0.3, 0.4) is 0 Å². The van der Waals surface area contributed by atoms with Crippen LogP contribution in [0.5, 0.6) is 0 Å². The van der Waals surface area contributed by atoms with Crippen molar-refractivity contribution in [2.75, 3.05) is 32.7 Å². The van der Waals surface area contributed by atoms with Gasteiger partial charge in [-0.3, -0.25) is 14.0 Å². The number of likely N-dealkylation sites (tertiary alicyclic amines) is 1. The number of benzene rings is 1. The minimum absolute atomic E-state index is 0.0162. The first-order valence-corrected chi connectivity index (χ1v) is 13.3. The van der Waals surface area contributed by atoms with E-state index in [1.54, 1.807) is 17.9 Å². The van der Waals surface area contributed by atoms with Crippen molar-refractivity contribution in [3.05, 3.63) is 58.8 Å². The van der Waals surface area contributed by atoms with E-state index in [1.807, 2.05) is 28.0 Å². The average molecular weight is 506 g/mol. The van der Waals surface area contributed by atoms with Crippen molar-refractivity contribution >= 4 is 17.1 Å². The number of hydrogen-bond acceptors (Lipinski definition) is 6. The summed E-state index contributed by atoms with van der Waals surface area (Å²) in [4.78, 5) is 35.4. The molecule has 196 valence electrons. The van der Waals surface area contributed by atoms with Gasteiger partial charge >= 0.3 is 6.03 Å². The minimum Gasteiger partial charge on any atom is -0.387 e. The van der Waals surface area contributed by atoms with E-state index in [9.17, 15) is 14.7 Å². The highest BCUT2D eigenvalue weighted by molar-refractivity contribution is 5.75. The van der Waals surface area contributed by atoms with Crippen molar-refractivity contribution in [3.8, 4) is 0 Å². The summed E-state index contributed by atoms with van der Waals surface area (Å²) in [5, 5.41) is 19.8. The third-order valence-corrected chi connectivity index (χ3v) is 8.82. The summed E-state index contributed by atoms with van der Waals surface area (Å²) in [6.07, 6.45) is 7.37. The van der Waals surface area contributed by atoms with Crippen molar-refractivity contribution in [2.45, 2.75) is 50.3 Å². The Morgan fingerprint density at radius 3 is 2.73 bits per heavy atom. The molecule has 3 aromatic rings. The second-order valence-electron chi connectivity index (χ2n) is 11.0. The van der Waals surface area contributed by atoms with E-state index in [4.69, 9.17) is 0 Å². The second kappa shape index (κ2) is 9.25. The molecule has 4 heterocycles. The lowest BCUT2D eigenvalue weighted by Gasteiger charge is -2.53. The molecule has 2 atom stereocenters. The molecule has 2 aliphatic heterocycles. The number of piperazine rings is 1. The maximum absolute atomic E-state index is 13.9. The first-order valence-electron chi connectivity index (χ1n) is 13.3. The zero-order valence-corrected chi connectivity index (χ0v) is 21.3. The van der Waals surface area contributed by atoms with Crippen molar-refractivity contribution < 1.29 is 9.90 Å². The minimum atomic E-state index is -1.10. The standard InChI is InChI=1S/C27H35N7O3/c1-31-16-21-23(30-31)24(35)33(19-29-21)18-27(37)11-13-32(17-26(27)9-5-6-10-26)25(36)34-14-12-28-15-22(34)20-7-3-2-4-8-20/h2-4,7-8,16,19,22,28,37H,5-6,9-15,17-18H2,1H3. The van der Waals surface area contributed by atoms with E-state index >= 15 is 0 Å². The Balaban J connectivity index is 1.26. The fraction of sp³-hybridized carbons (Fsp3) is 0.556. The summed E-state index contributed by atoms with van der Waals surface area (Å²) in [7, 11) is 1.76. The molecular formula is C27H35N7O3. The molecule has 0 bridgehead atoms. The molecule has 2 unspecified atom stereocenters. The number of fused-ring (bicyclic) bond motifs is 1. The van der Waals surface area contributed by atoms with E-state index in [0.717, 1.165) is 44.3 Å². The molecule has 10 nitrogen and oxygen atoms in total. The number of aromatic nitrogens is 4. The smallest absolute Gasteiger partial charge is 0.320 e. The van der Waals surface area contributed by atoms with Gasteiger partial charge in [-0.15, -0.1) is 0 Å². The van der Waals surface area contributed by atoms with Gasteiger partial charge in [-0.25, -0.2) is 9.78 Å². The van der Waals surface area contributed by atoms with E-state index in [0.29, 0.717) is 37.1 Å². The van der Waals surface area contributed by atoms with Gasteiger partial charge in [-0.2, -0.15) is 5.10 Å². The lowest BCUT2D eigenvalue weighted by Crippen LogP contribution is -2.64. The molecule has 1 aromatic carbocycles. The first kappa shape index (κ1) is 24.1. The number of nitrogens with zero attached hydrogens (tertiary/aromatic N) is 6. The summed E-state index contributed by atoms with van der Waals surface area (Å²) in [6.45, 7) is 3.26. The number of carbonyl (C=O) groups is 1. The van der Waals surface area contributed by atoms with Crippen molar-refractivity contribution in [2.24, 2.45) is 12.5 Å². The molecule has 1 saturated carbocycles. The molecule has 3 aliphatic rings. The highest BCUT2D eigenvalue weighted by Gasteiger charge is 2.56. The van der Waals surface area contributed by atoms with Crippen LogP contribution in [0.2, 0.25) is 0 Å². The number of rotatable bonds is 3. The molecule has 2 aromatic heterocycles. The third-order valence-electron chi connectivity index (χ3n) is 8.82. The van der Waals surface area contributed by atoms with Crippen LogP contribution in [0.4, 0.5) is 4.79 Å². The Bertz CT molecular complexity index is 1350. The fourth-order valence-electron chi connectivity index (χ4n) is 6.79. The molecule has 0 radical (unpaired) electrons. The largest absolute Gasteiger partial charge is 0.387 e. The Morgan fingerprint density at radius 1 is 1.16 bits per heavy atom. The Hall–Kier alpha value is -3.24. The van der Waals surface area contributed by atoms with E-state index in [1.165, 1.54) is 10.9 Å². The number of amides is 2. The predicted molar refractivity (Wildman–Crippen MR) is 139 cm³/mol. The highest BCUT2D eigenvalue weighted by atomic mass is 16.3. The predicted octanol–water partition coefficient (Wildman–Crippen LogP) is 1.89. The topological polar surface area (TPSA) is 109 Å². The third kappa shape index (κ3) is 4.12. The molecule has 1 spiro atoms. The van der Waals surface area contributed by atoms with Crippen LogP contribution in [-0.2, 0) is 13.6 Å². The van der Waals surface area contributed by atoms with Gasteiger partial charge in [-0.05, 0) is 24.8 Å². The van der Waals surface area contributed by atoms with Gasteiger partial charge in [0.1, 0.15) is 5.52 Å². The summed E-state index contributed by atoms with van der Waals surface area (Å²) < 4.78 is 3.09. The Labute approximate surface area is 215 Å². The highest BCUT2D eigenvalue weighted by Crippen LogP contribution is 2.51. The Kier molecular flexibility index (Phi) is 6.03. The van der Waals surface area contributed by atoms with E-state index in [-0.39, 0.29) is 24.2 Å². The molecule has 10 heteroatoms. The van der Waals surface area contributed by atoms with Crippen LogP contribution in [0.15, 0.2) is 47.7 Å². The molecule has 2 saturated heterocycles. The van der Waals surface area contributed by atoms with Gasteiger partial charge in [0.15, 0.2) is 5.52 Å². The summed E-state index contributed by atoms with van der Waals surface area (Å²) in [6, 6.07) is 10.2. The molecule has 3 fully saturated rings. The fourth-order valence-corrected chi connectivity index (χ4v) is 6.79. The van der Waals surface area contributed by atoms with Gasteiger partial charge in [0.25, 0.3) is 5.56 Å². The number of urea groups is 1. The quantitative estimate of drug-likeness (QED) is 0.563. The van der Waals surface area contributed by atoms with Crippen LogP contribution < -0.4 is 10.9 Å². The number of aryl methyl sites for hydroxylation is 1. The maximum atomic E-state index is 13.9. The zero-order valence-electron chi connectivity index (χ0n) is 21.3. The Morgan fingerprint density at radius 2 is 1.95 bits per heavy atom. The normalized spacial score (nSPS) is 25.7. The zero-order chi connectivity index (χ0) is 25.6. The van der Waals surface area contributed by atoms with Gasteiger partial charge in [0.2, 0.25) is 0 Å². The second-order valence-corrected chi connectivity index (χ2v) is 11.0. The number of nitrogens with one attached hydrogen (secondary N) is 1. The van der Waals surface area contributed by atoms with Crippen molar-refractivity contribution in [1.29, 1.82) is 0 Å². The van der Waals surface area contributed by atoms with Crippen molar-refractivity contribution in [1.82, 2.24) is 34.4 Å². The van der Waals surface area contributed by atoms with Crippen LogP contribution in [0.25, 0.3) is 11.0 Å². The van der Waals surface area contributed by atoms with Crippen molar-refractivity contribution in [3.63, 3.8) is 0 Å². The van der Waals surface area contributed by atoms with Crippen LogP contribution in [0.1, 0.15) is 43.7 Å². The monoisotopic (exact) mass is 505 g/mol. The number of piperidine rings is 1. The van der Waals surface area contributed by atoms with E-state index in [2.05, 4.69) is 27.5 Å². The molecule has 2 N–H and O–H groups in total. The maximum Gasteiger partial charge on any atom is 0.320 e. The molecule has 6 rings (SSSR count). The lowest BCUT2D eigenvalue weighted by atomic mass is 9.66. The molecule has 1 aliphatic carbocycles. The SMILES string of the molecule is Cn1cc2ncn(CC3(O)CCN(C(=O)N4CCNCC4c4ccccc4)CC34CCCC4)c(=O)c2n1. The van der Waals surface area contributed by atoms with Crippen LogP contribution in [-0.4, -0.2) is 78.6 Å². The van der Waals surface area contributed by atoms with Gasteiger partial charge in [-0.1, -0.05) is 43.2 Å². The molecular weight excluding hydrogens is 470 g/mol. The van der Waals surface area contributed by atoms with Gasteiger partial charge < -0.3 is 20.2 Å². The molecule has 37 heavy (non-hydrogen) atoms.